The molecule has 0 aliphatic carbocycles. The molecule has 162 valence electrons. The van der Waals surface area contributed by atoms with Gasteiger partial charge in [0.15, 0.2) is 6.61 Å². The van der Waals surface area contributed by atoms with Crippen LogP contribution in [-0.4, -0.2) is 35.2 Å². The minimum Gasteiger partial charge on any atom is -0.497 e. The van der Waals surface area contributed by atoms with Crippen molar-refractivity contribution < 1.29 is 27.4 Å². The quantitative estimate of drug-likeness (QED) is 0.526. The molecule has 0 saturated heterocycles. The Kier molecular flexibility index (Phi) is 6.99. The van der Waals surface area contributed by atoms with Crippen molar-refractivity contribution in [3.8, 4) is 17.2 Å². The molecule has 31 heavy (non-hydrogen) atoms. The second-order valence-corrected chi connectivity index (χ2v) is 8.03. The van der Waals surface area contributed by atoms with E-state index in [1.165, 1.54) is 38.5 Å². The molecule has 0 saturated carbocycles. The lowest BCUT2D eigenvalue weighted by Crippen LogP contribution is -2.20. The lowest BCUT2D eigenvalue weighted by Gasteiger charge is -2.12. The molecule has 0 radical (unpaired) electrons. The molecule has 0 fully saturated rings. The van der Waals surface area contributed by atoms with Gasteiger partial charge in [-0.2, -0.15) is 0 Å². The summed E-state index contributed by atoms with van der Waals surface area (Å²) in [4.78, 5) is 12.3. The van der Waals surface area contributed by atoms with Gasteiger partial charge in [0, 0.05) is 11.8 Å². The highest BCUT2D eigenvalue weighted by Gasteiger charge is 2.14. The van der Waals surface area contributed by atoms with Crippen LogP contribution < -0.4 is 24.2 Å². The summed E-state index contributed by atoms with van der Waals surface area (Å²) in [6.07, 6.45) is 0. The Morgan fingerprint density at radius 3 is 2.19 bits per heavy atom. The predicted molar refractivity (Wildman–Crippen MR) is 117 cm³/mol. The number of rotatable bonds is 9. The summed E-state index contributed by atoms with van der Waals surface area (Å²) in [5.41, 5.74) is 0.943. The van der Waals surface area contributed by atoms with Gasteiger partial charge in [-0.05, 0) is 48.5 Å². The van der Waals surface area contributed by atoms with E-state index < -0.39 is 15.9 Å². The SMILES string of the molecule is COc1ccc(NC(=O)COc2ccc(S(=O)(=O)Nc3ccccc3)cc2)c(OC)c1. The molecule has 0 atom stereocenters. The molecule has 0 bridgehead atoms. The van der Waals surface area contributed by atoms with Gasteiger partial charge < -0.3 is 19.5 Å². The van der Waals surface area contributed by atoms with Crippen LogP contribution in [0.1, 0.15) is 0 Å². The number of hydrogen-bond donors (Lipinski definition) is 2. The average Bonchev–Trinajstić information content (AvgIpc) is 2.78. The van der Waals surface area contributed by atoms with E-state index in [4.69, 9.17) is 14.2 Å². The highest BCUT2D eigenvalue weighted by Crippen LogP contribution is 2.29. The fraction of sp³-hybridized carbons (Fsp3) is 0.136. The van der Waals surface area contributed by atoms with Gasteiger partial charge in [0.2, 0.25) is 0 Å². The number of nitrogens with one attached hydrogen (secondary N) is 2. The van der Waals surface area contributed by atoms with Crippen LogP contribution in [0.5, 0.6) is 17.2 Å². The first-order valence-corrected chi connectivity index (χ1v) is 10.7. The molecular formula is C22H22N2O6S. The number of carbonyl (C=O) groups excluding carboxylic acids is 1. The third-order valence-electron chi connectivity index (χ3n) is 4.21. The van der Waals surface area contributed by atoms with Gasteiger partial charge in [0.25, 0.3) is 15.9 Å². The molecule has 0 aliphatic rings. The smallest absolute Gasteiger partial charge is 0.262 e. The summed E-state index contributed by atoms with van der Waals surface area (Å²) >= 11 is 0. The predicted octanol–water partition coefficient (Wildman–Crippen LogP) is 3.52. The van der Waals surface area contributed by atoms with Crippen LogP contribution in [0.4, 0.5) is 11.4 Å². The fourth-order valence-electron chi connectivity index (χ4n) is 2.67. The molecule has 0 unspecified atom stereocenters. The molecule has 3 rings (SSSR count). The second kappa shape index (κ2) is 9.86. The van der Waals surface area contributed by atoms with E-state index in [1.54, 1.807) is 48.5 Å². The number of sulfonamides is 1. The van der Waals surface area contributed by atoms with Crippen molar-refractivity contribution in [2.24, 2.45) is 0 Å². The van der Waals surface area contributed by atoms with Gasteiger partial charge in [-0.15, -0.1) is 0 Å². The van der Waals surface area contributed by atoms with Crippen LogP contribution in [0.2, 0.25) is 0 Å². The normalized spacial score (nSPS) is 10.8. The zero-order chi connectivity index (χ0) is 22.3. The van der Waals surface area contributed by atoms with Crippen molar-refractivity contribution >= 4 is 27.3 Å². The number of ether oxygens (including phenoxy) is 3. The number of anilines is 2. The van der Waals surface area contributed by atoms with E-state index in [2.05, 4.69) is 10.0 Å². The molecule has 3 aromatic rings. The molecule has 0 spiro atoms. The van der Waals surface area contributed by atoms with Crippen molar-refractivity contribution in [2.75, 3.05) is 30.9 Å². The van der Waals surface area contributed by atoms with Crippen LogP contribution in [0.25, 0.3) is 0 Å². The molecule has 9 heteroatoms. The lowest BCUT2D eigenvalue weighted by molar-refractivity contribution is -0.118. The zero-order valence-corrected chi connectivity index (χ0v) is 17.8. The molecular weight excluding hydrogens is 420 g/mol. The Balaban J connectivity index is 1.58. The standard InChI is InChI=1S/C22H22N2O6S/c1-28-18-10-13-20(21(14-18)29-2)23-22(25)15-30-17-8-11-19(12-9-17)31(26,27)24-16-6-4-3-5-7-16/h3-14,24H,15H2,1-2H3,(H,23,25). The molecule has 8 nitrogen and oxygen atoms in total. The van der Waals surface area contributed by atoms with E-state index in [0.717, 1.165) is 0 Å². The summed E-state index contributed by atoms with van der Waals surface area (Å²) in [5, 5.41) is 2.70. The third kappa shape index (κ3) is 5.89. The lowest BCUT2D eigenvalue weighted by atomic mass is 10.2. The van der Waals surface area contributed by atoms with Crippen LogP contribution in [0.15, 0.2) is 77.7 Å². The monoisotopic (exact) mass is 442 g/mol. The average molecular weight is 442 g/mol. The van der Waals surface area contributed by atoms with Gasteiger partial charge >= 0.3 is 0 Å². The van der Waals surface area contributed by atoms with Crippen molar-refractivity contribution in [3.63, 3.8) is 0 Å². The summed E-state index contributed by atoms with van der Waals surface area (Å²) in [5.74, 6) is 1.01. The Morgan fingerprint density at radius 2 is 1.55 bits per heavy atom. The Hall–Kier alpha value is -3.72. The minimum atomic E-state index is -3.72. The van der Waals surface area contributed by atoms with Crippen LogP contribution in [-0.2, 0) is 14.8 Å². The largest absolute Gasteiger partial charge is 0.497 e. The second-order valence-electron chi connectivity index (χ2n) is 6.35. The highest BCUT2D eigenvalue weighted by molar-refractivity contribution is 7.92. The summed E-state index contributed by atoms with van der Waals surface area (Å²) < 4.78 is 43.2. The van der Waals surface area contributed by atoms with E-state index >= 15 is 0 Å². The molecule has 1 amide bonds. The van der Waals surface area contributed by atoms with Crippen LogP contribution in [0.3, 0.4) is 0 Å². The number of carbonyl (C=O) groups is 1. The Bertz CT molecular complexity index is 1130. The van der Waals surface area contributed by atoms with E-state index in [0.29, 0.717) is 28.6 Å². The van der Waals surface area contributed by atoms with Crippen molar-refractivity contribution in [1.29, 1.82) is 0 Å². The zero-order valence-electron chi connectivity index (χ0n) is 17.0. The van der Waals surface area contributed by atoms with Crippen molar-refractivity contribution in [1.82, 2.24) is 0 Å². The van der Waals surface area contributed by atoms with Crippen molar-refractivity contribution in [2.45, 2.75) is 4.90 Å². The minimum absolute atomic E-state index is 0.0797. The molecule has 0 aliphatic heterocycles. The van der Waals surface area contributed by atoms with Gasteiger partial charge in [-0.1, -0.05) is 18.2 Å². The number of benzene rings is 3. The van der Waals surface area contributed by atoms with Gasteiger partial charge in [0.05, 0.1) is 24.8 Å². The highest BCUT2D eigenvalue weighted by atomic mass is 32.2. The Morgan fingerprint density at radius 1 is 0.871 bits per heavy atom. The summed E-state index contributed by atoms with van der Waals surface area (Å²) in [6.45, 7) is -0.260. The molecule has 0 aromatic heterocycles. The van der Waals surface area contributed by atoms with E-state index in [1.807, 2.05) is 0 Å². The summed E-state index contributed by atoms with van der Waals surface area (Å²) in [6, 6.07) is 19.4. The van der Waals surface area contributed by atoms with Gasteiger partial charge in [-0.3, -0.25) is 9.52 Å². The van der Waals surface area contributed by atoms with E-state index in [-0.39, 0.29) is 11.5 Å². The topological polar surface area (TPSA) is 103 Å². The maximum absolute atomic E-state index is 12.5. The maximum Gasteiger partial charge on any atom is 0.262 e. The maximum atomic E-state index is 12.5. The van der Waals surface area contributed by atoms with Crippen LogP contribution >= 0.6 is 0 Å². The number of amides is 1. The Labute approximate surface area is 180 Å². The number of para-hydroxylation sites is 1. The third-order valence-corrected chi connectivity index (χ3v) is 5.61. The molecule has 3 aromatic carbocycles. The first-order valence-electron chi connectivity index (χ1n) is 9.24. The number of hydrogen-bond acceptors (Lipinski definition) is 6. The first-order chi connectivity index (χ1) is 14.9. The van der Waals surface area contributed by atoms with E-state index in [9.17, 15) is 13.2 Å². The van der Waals surface area contributed by atoms with Gasteiger partial charge in [-0.25, -0.2) is 8.42 Å². The van der Waals surface area contributed by atoms with Gasteiger partial charge in [0.1, 0.15) is 17.2 Å². The number of methoxy groups -OCH3 is 2. The molecule has 0 heterocycles. The fourth-order valence-corrected chi connectivity index (χ4v) is 3.73. The first kappa shape index (κ1) is 22.0. The van der Waals surface area contributed by atoms with Crippen molar-refractivity contribution in [3.05, 3.63) is 72.8 Å². The van der Waals surface area contributed by atoms with Crippen LogP contribution in [0, 0.1) is 0 Å². The summed E-state index contributed by atoms with van der Waals surface area (Å²) in [7, 11) is -0.698. The molecule has 2 N–H and O–H groups in total.